The Bertz CT molecular complexity index is 590. The summed E-state index contributed by atoms with van der Waals surface area (Å²) in [6, 6.07) is 8.21. The van der Waals surface area contributed by atoms with Crippen molar-refractivity contribution in [3.8, 4) is 0 Å². The molecular formula is C13H15N3O2S. The summed E-state index contributed by atoms with van der Waals surface area (Å²) in [5, 5.41) is 13.7. The van der Waals surface area contributed by atoms with Gasteiger partial charge in [-0.2, -0.15) is 4.37 Å². The van der Waals surface area contributed by atoms with E-state index >= 15 is 0 Å². The van der Waals surface area contributed by atoms with Crippen LogP contribution in [0.4, 0.5) is 9.80 Å². The molecule has 0 bridgehead atoms. The number of nitrogens with zero attached hydrogens (tertiary/aromatic N) is 2. The normalized spacial score (nSPS) is 16.7. The van der Waals surface area contributed by atoms with Crippen LogP contribution >= 0.6 is 11.5 Å². The number of hydrogen-bond donors (Lipinski definition) is 2. The van der Waals surface area contributed by atoms with Crippen LogP contribution in [0, 0.1) is 0 Å². The number of amides is 1. The lowest BCUT2D eigenvalue weighted by Crippen LogP contribution is -2.44. The Morgan fingerprint density at radius 1 is 1.37 bits per heavy atom. The number of nitrogens with one attached hydrogen (secondary N) is 1. The summed E-state index contributed by atoms with van der Waals surface area (Å²) < 4.78 is 4.45. The van der Waals surface area contributed by atoms with Crippen LogP contribution in [0.2, 0.25) is 0 Å². The molecule has 1 aliphatic heterocycles. The molecule has 3 rings (SSSR count). The largest absolute Gasteiger partial charge is 0.465 e. The topological polar surface area (TPSA) is 65.5 Å². The summed E-state index contributed by atoms with van der Waals surface area (Å²) in [6.07, 6.45) is 0.763. The molecule has 1 saturated heterocycles. The lowest BCUT2D eigenvalue weighted by Gasteiger charge is -2.32. The van der Waals surface area contributed by atoms with Crippen molar-refractivity contribution in [3.05, 3.63) is 24.3 Å². The molecule has 6 heteroatoms. The first kappa shape index (κ1) is 12.2. The minimum absolute atomic E-state index is 0.0768. The number of carbonyl (C=O) groups is 1. The Kier molecular flexibility index (Phi) is 3.25. The van der Waals surface area contributed by atoms with E-state index < -0.39 is 6.09 Å². The third kappa shape index (κ3) is 2.49. The van der Waals surface area contributed by atoms with Gasteiger partial charge in [0.1, 0.15) is 5.00 Å². The maximum absolute atomic E-state index is 10.6. The van der Waals surface area contributed by atoms with Gasteiger partial charge in [0.2, 0.25) is 0 Å². The van der Waals surface area contributed by atoms with Gasteiger partial charge in [-0.1, -0.05) is 12.1 Å². The van der Waals surface area contributed by atoms with Crippen LogP contribution in [0.15, 0.2) is 24.3 Å². The van der Waals surface area contributed by atoms with E-state index in [0.29, 0.717) is 0 Å². The SMILES string of the molecule is O=C(O)NC1CCN(c2snc3ccccc23)CC1. The quantitative estimate of drug-likeness (QED) is 0.885. The Labute approximate surface area is 115 Å². The van der Waals surface area contributed by atoms with Gasteiger partial charge in [-0.15, -0.1) is 0 Å². The van der Waals surface area contributed by atoms with E-state index in [2.05, 4.69) is 20.7 Å². The standard InChI is InChI=1S/C13H15N3O2S/c17-13(18)14-9-5-7-16(8-6-9)12-10-3-1-2-4-11(10)15-19-12/h1-4,9,14H,5-8H2,(H,17,18). The molecule has 0 unspecified atom stereocenters. The first-order chi connectivity index (χ1) is 9.24. The Morgan fingerprint density at radius 2 is 2.11 bits per heavy atom. The molecule has 0 atom stereocenters. The molecule has 1 aromatic heterocycles. The second-order valence-corrected chi connectivity index (χ2v) is 5.47. The van der Waals surface area contributed by atoms with Crippen molar-refractivity contribution < 1.29 is 9.90 Å². The van der Waals surface area contributed by atoms with E-state index in [1.165, 1.54) is 21.9 Å². The molecule has 1 aromatic carbocycles. The zero-order chi connectivity index (χ0) is 13.2. The van der Waals surface area contributed by atoms with Crippen LogP contribution in [0.1, 0.15) is 12.8 Å². The second kappa shape index (κ2) is 5.05. The van der Waals surface area contributed by atoms with Gasteiger partial charge >= 0.3 is 6.09 Å². The van der Waals surface area contributed by atoms with E-state index in [0.717, 1.165) is 31.4 Å². The highest BCUT2D eigenvalue weighted by molar-refractivity contribution is 7.11. The number of rotatable bonds is 2. The van der Waals surface area contributed by atoms with E-state index in [-0.39, 0.29) is 6.04 Å². The van der Waals surface area contributed by atoms with Gasteiger partial charge in [-0.05, 0) is 36.5 Å². The van der Waals surface area contributed by atoms with Crippen molar-refractivity contribution in [3.63, 3.8) is 0 Å². The van der Waals surface area contributed by atoms with Gasteiger partial charge in [-0.3, -0.25) is 0 Å². The summed E-state index contributed by atoms with van der Waals surface area (Å²) in [5.74, 6) is 0. The first-order valence-electron chi connectivity index (χ1n) is 6.33. The van der Waals surface area contributed by atoms with Crippen LogP contribution in [0.5, 0.6) is 0 Å². The second-order valence-electron chi connectivity index (χ2n) is 4.72. The molecule has 0 spiro atoms. The van der Waals surface area contributed by atoms with Crippen LogP contribution in [-0.2, 0) is 0 Å². The predicted octanol–water partition coefficient (Wildman–Crippen LogP) is 2.53. The Balaban J connectivity index is 1.73. The summed E-state index contributed by atoms with van der Waals surface area (Å²) in [7, 11) is 0. The minimum atomic E-state index is -0.929. The molecule has 2 N–H and O–H groups in total. The van der Waals surface area contributed by atoms with E-state index in [1.54, 1.807) is 0 Å². The molecule has 5 nitrogen and oxygen atoms in total. The predicted molar refractivity (Wildman–Crippen MR) is 76.0 cm³/mol. The smallest absolute Gasteiger partial charge is 0.404 e. The van der Waals surface area contributed by atoms with Crippen LogP contribution in [-0.4, -0.2) is 34.7 Å². The molecule has 19 heavy (non-hydrogen) atoms. The maximum Gasteiger partial charge on any atom is 0.404 e. The molecule has 0 saturated carbocycles. The third-order valence-electron chi connectivity index (χ3n) is 3.47. The number of hydrogen-bond acceptors (Lipinski definition) is 4. The number of aromatic nitrogens is 1. The van der Waals surface area contributed by atoms with E-state index in [1.807, 2.05) is 18.2 Å². The highest BCUT2D eigenvalue weighted by Crippen LogP contribution is 2.32. The van der Waals surface area contributed by atoms with Crippen molar-refractivity contribution in [1.29, 1.82) is 0 Å². The monoisotopic (exact) mass is 277 g/mol. The van der Waals surface area contributed by atoms with Crippen LogP contribution < -0.4 is 10.2 Å². The average Bonchev–Trinajstić information content (AvgIpc) is 2.83. The molecule has 0 aliphatic carbocycles. The molecule has 1 aliphatic rings. The number of piperidine rings is 1. The molecule has 2 heterocycles. The summed E-state index contributed by atoms with van der Waals surface area (Å²) in [6.45, 7) is 1.74. The zero-order valence-electron chi connectivity index (χ0n) is 10.4. The highest BCUT2D eigenvalue weighted by atomic mass is 32.1. The maximum atomic E-state index is 10.6. The number of carboxylic acid groups (broad SMARTS) is 1. The third-order valence-corrected chi connectivity index (χ3v) is 4.41. The Morgan fingerprint density at radius 3 is 2.84 bits per heavy atom. The lowest BCUT2D eigenvalue weighted by molar-refractivity contribution is 0.187. The van der Waals surface area contributed by atoms with Gasteiger partial charge in [0, 0.05) is 24.5 Å². The molecular weight excluding hydrogens is 262 g/mol. The van der Waals surface area contributed by atoms with Crippen molar-refractivity contribution >= 4 is 33.5 Å². The van der Waals surface area contributed by atoms with E-state index in [9.17, 15) is 4.79 Å². The highest BCUT2D eigenvalue weighted by Gasteiger charge is 2.22. The fourth-order valence-corrected chi connectivity index (χ4v) is 3.42. The summed E-state index contributed by atoms with van der Waals surface area (Å²) in [4.78, 5) is 12.9. The van der Waals surface area contributed by atoms with Gasteiger partial charge in [0.05, 0.1) is 5.52 Å². The molecule has 2 aromatic rings. The molecule has 1 amide bonds. The van der Waals surface area contributed by atoms with Crippen LogP contribution in [0.25, 0.3) is 10.9 Å². The minimum Gasteiger partial charge on any atom is -0.465 e. The zero-order valence-corrected chi connectivity index (χ0v) is 11.2. The fraction of sp³-hybridized carbons (Fsp3) is 0.385. The number of anilines is 1. The Hall–Kier alpha value is -1.82. The van der Waals surface area contributed by atoms with Crippen LogP contribution in [0.3, 0.4) is 0 Å². The van der Waals surface area contributed by atoms with Gasteiger partial charge in [0.15, 0.2) is 0 Å². The average molecular weight is 277 g/mol. The van der Waals surface area contributed by atoms with Crippen molar-refractivity contribution in [2.45, 2.75) is 18.9 Å². The van der Waals surface area contributed by atoms with Crippen molar-refractivity contribution in [1.82, 2.24) is 9.69 Å². The van der Waals surface area contributed by atoms with Gasteiger partial charge in [0.25, 0.3) is 0 Å². The lowest BCUT2D eigenvalue weighted by atomic mass is 10.1. The van der Waals surface area contributed by atoms with E-state index in [4.69, 9.17) is 5.11 Å². The molecule has 0 radical (unpaired) electrons. The number of fused-ring (bicyclic) bond motifs is 1. The first-order valence-corrected chi connectivity index (χ1v) is 7.10. The summed E-state index contributed by atoms with van der Waals surface area (Å²) in [5.41, 5.74) is 1.04. The fourth-order valence-electron chi connectivity index (χ4n) is 2.51. The summed E-state index contributed by atoms with van der Waals surface area (Å²) >= 11 is 1.52. The molecule has 1 fully saturated rings. The van der Waals surface area contributed by atoms with Crippen molar-refractivity contribution in [2.24, 2.45) is 0 Å². The van der Waals surface area contributed by atoms with Gasteiger partial charge in [-0.25, -0.2) is 4.79 Å². The van der Waals surface area contributed by atoms with Gasteiger partial charge < -0.3 is 15.3 Å². The van der Waals surface area contributed by atoms with Crippen molar-refractivity contribution in [2.75, 3.05) is 18.0 Å². The number of benzene rings is 1. The molecule has 100 valence electrons.